The summed E-state index contributed by atoms with van der Waals surface area (Å²) in [5.41, 5.74) is 4.76. The molecule has 0 amide bonds. The van der Waals surface area contributed by atoms with Gasteiger partial charge < -0.3 is 15.4 Å². The normalized spacial score (nSPS) is 12.7. The molecule has 2 rings (SSSR count). The number of guanidine groups is 1. The van der Waals surface area contributed by atoms with Crippen LogP contribution >= 0.6 is 0 Å². The van der Waals surface area contributed by atoms with E-state index in [1.54, 1.807) is 0 Å². The molecule has 6 heteroatoms. The van der Waals surface area contributed by atoms with E-state index in [-0.39, 0.29) is 6.10 Å². The van der Waals surface area contributed by atoms with Crippen LogP contribution in [-0.4, -0.2) is 41.5 Å². The molecule has 27 heavy (non-hydrogen) atoms. The number of benzene rings is 1. The number of aryl methyl sites for hydroxylation is 3. The lowest BCUT2D eigenvalue weighted by Gasteiger charge is -2.16. The highest BCUT2D eigenvalue weighted by Crippen LogP contribution is 2.17. The minimum atomic E-state index is 0.00404. The van der Waals surface area contributed by atoms with Gasteiger partial charge in [-0.25, -0.2) is 4.99 Å². The van der Waals surface area contributed by atoms with Gasteiger partial charge in [0, 0.05) is 25.8 Å². The summed E-state index contributed by atoms with van der Waals surface area (Å²) >= 11 is 0. The van der Waals surface area contributed by atoms with Gasteiger partial charge >= 0.3 is 0 Å². The highest BCUT2D eigenvalue weighted by Gasteiger charge is 2.10. The monoisotopic (exact) mass is 371 g/mol. The molecule has 1 heterocycles. The van der Waals surface area contributed by atoms with E-state index in [1.165, 1.54) is 11.3 Å². The van der Waals surface area contributed by atoms with Gasteiger partial charge in [-0.2, -0.15) is 5.10 Å². The molecule has 148 valence electrons. The average Bonchev–Trinajstić information content (AvgIpc) is 2.87. The molecule has 6 nitrogen and oxygen atoms in total. The summed E-state index contributed by atoms with van der Waals surface area (Å²) in [7, 11) is 1.99. The summed E-state index contributed by atoms with van der Waals surface area (Å²) in [6.07, 6.45) is 0.926. The molecule has 2 N–H and O–H groups in total. The number of nitrogens with zero attached hydrogens (tertiary/aromatic N) is 3. The Bertz CT molecular complexity index is 766. The van der Waals surface area contributed by atoms with Crippen molar-refractivity contribution in [1.82, 2.24) is 20.4 Å². The molecular weight excluding hydrogens is 338 g/mol. The first kappa shape index (κ1) is 20.8. The number of para-hydroxylation sites is 1. The Balaban J connectivity index is 1.88. The number of hydrogen-bond acceptors (Lipinski definition) is 3. The Kier molecular flexibility index (Phi) is 7.70. The molecule has 0 aliphatic rings. The van der Waals surface area contributed by atoms with E-state index >= 15 is 0 Å². The summed E-state index contributed by atoms with van der Waals surface area (Å²) in [6.45, 7) is 12.6. The quantitative estimate of drug-likeness (QED) is 0.553. The van der Waals surface area contributed by atoms with Gasteiger partial charge in [-0.3, -0.25) is 4.68 Å². The molecule has 0 spiro atoms. The van der Waals surface area contributed by atoms with E-state index in [0.29, 0.717) is 6.54 Å². The molecule has 0 aliphatic heterocycles. The third kappa shape index (κ3) is 6.01. The zero-order valence-electron chi connectivity index (χ0n) is 17.5. The van der Waals surface area contributed by atoms with Crippen molar-refractivity contribution < 1.29 is 4.74 Å². The molecule has 2 aromatic rings. The highest BCUT2D eigenvalue weighted by molar-refractivity contribution is 5.79. The lowest BCUT2D eigenvalue weighted by Crippen LogP contribution is -2.39. The maximum absolute atomic E-state index is 6.01. The molecule has 0 saturated heterocycles. The Hall–Kier alpha value is -2.50. The molecule has 0 saturated carbocycles. The molecule has 1 atom stereocenters. The van der Waals surface area contributed by atoms with Gasteiger partial charge in [0.05, 0.1) is 12.2 Å². The number of nitrogens with one attached hydrogen (secondary N) is 2. The number of aliphatic imine (C=N–C) groups is 1. The summed E-state index contributed by atoms with van der Waals surface area (Å²) in [6, 6.07) is 8.06. The second-order valence-corrected chi connectivity index (χ2v) is 6.86. The van der Waals surface area contributed by atoms with Crippen LogP contribution in [0, 0.1) is 20.8 Å². The van der Waals surface area contributed by atoms with Gasteiger partial charge in [0.2, 0.25) is 0 Å². The predicted octanol–water partition coefficient (Wildman–Crippen LogP) is 2.91. The standard InChI is InChI=1S/C21H33N5O/c1-7-22-21(23-13-12-19-17(4)25-26(6)18(19)5)24-14-16(3)27-20-11-9-8-10-15(20)2/h8-11,16H,7,12-14H2,1-6H3,(H2,22,23,24). The lowest BCUT2D eigenvalue weighted by molar-refractivity contribution is 0.228. The van der Waals surface area contributed by atoms with Crippen LogP contribution in [-0.2, 0) is 13.5 Å². The highest BCUT2D eigenvalue weighted by atomic mass is 16.5. The summed E-state index contributed by atoms with van der Waals surface area (Å²) in [5, 5.41) is 11.2. The van der Waals surface area contributed by atoms with E-state index in [4.69, 9.17) is 4.74 Å². The smallest absolute Gasteiger partial charge is 0.191 e. The van der Waals surface area contributed by atoms with Gasteiger partial charge in [-0.1, -0.05) is 18.2 Å². The van der Waals surface area contributed by atoms with Crippen LogP contribution in [0.2, 0.25) is 0 Å². The van der Waals surface area contributed by atoms with Crippen molar-refractivity contribution in [2.24, 2.45) is 12.0 Å². The van der Waals surface area contributed by atoms with Crippen LogP contribution in [0.4, 0.5) is 0 Å². The topological polar surface area (TPSA) is 63.5 Å². The van der Waals surface area contributed by atoms with Crippen molar-refractivity contribution in [2.75, 3.05) is 19.6 Å². The zero-order chi connectivity index (χ0) is 19.8. The molecule has 1 aromatic carbocycles. The fourth-order valence-electron chi connectivity index (χ4n) is 2.99. The third-order valence-electron chi connectivity index (χ3n) is 4.60. The van der Waals surface area contributed by atoms with Crippen LogP contribution in [0.1, 0.15) is 36.4 Å². The van der Waals surface area contributed by atoms with E-state index in [2.05, 4.69) is 54.5 Å². The lowest BCUT2D eigenvalue weighted by atomic mass is 10.1. The first-order valence-electron chi connectivity index (χ1n) is 9.65. The van der Waals surface area contributed by atoms with Crippen molar-refractivity contribution in [3.8, 4) is 5.75 Å². The molecule has 0 fully saturated rings. The molecule has 0 bridgehead atoms. The predicted molar refractivity (Wildman–Crippen MR) is 112 cm³/mol. The van der Waals surface area contributed by atoms with E-state index < -0.39 is 0 Å². The summed E-state index contributed by atoms with van der Waals surface area (Å²) in [5.74, 6) is 1.73. The van der Waals surface area contributed by atoms with Crippen molar-refractivity contribution >= 4 is 5.96 Å². The van der Waals surface area contributed by atoms with Gasteiger partial charge in [0.15, 0.2) is 5.96 Å². The summed E-state index contributed by atoms with van der Waals surface area (Å²) in [4.78, 5) is 4.67. The minimum Gasteiger partial charge on any atom is -0.489 e. The average molecular weight is 372 g/mol. The van der Waals surface area contributed by atoms with Crippen LogP contribution in [0.5, 0.6) is 5.75 Å². The number of hydrogen-bond donors (Lipinski definition) is 2. The van der Waals surface area contributed by atoms with Crippen LogP contribution in [0.25, 0.3) is 0 Å². The third-order valence-corrected chi connectivity index (χ3v) is 4.60. The number of rotatable bonds is 8. The largest absolute Gasteiger partial charge is 0.489 e. The van der Waals surface area contributed by atoms with Crippen molar-refractivity contribution in [1.29, 1.82) is 0 Å². The van der Waals surface area contributed by atoms with Gasteiger partial charge in [-0.15, -0.1) is 0 Å². The van der Waals surface area contributed by atoms with E-state index in [9.17, 15) is 0 Å². The van der Waals surface area contributed by atoms with Gasteiger partial charge in [0.25, 0.3) is 0 Å². The van der Waals surface area contributed by atoms with Crippen LogP contribution < -0.4 is 15.4 Å². The van der Waals surface area contributed by atoms with Crippen molar-refractivity contribution in [2.45, 2.75) is 47.1 Å². The molecule has 0 aliphatic carbocycles. The Morgan fingerprint density at radius 1 is 1.22 bits per heavy atom. The molecule has 0 radical (unpaired) electrons. The number of aromatic nitrogens is 2. The SMILES string of the molecule is CCNC(=NCC(C)Oc1ccccc1C)NCCc1c(C)nn(C)c1C. The van der Waals surface area contributed by atoms with Crippen molar-refractivity contribution in [3.05, 3.63) is 46.8 Å². The Labute approximate surface area is 163 Å². The Morgan fingerprint density at radius 3 is 2.59 bits per heavy atom. The van der Waals surface area contributed by atoms with Gasteiger partial charge in [0.1, 0.15) is 11.9 Å². The molecule has 1 aromatic heterocycles. The maximum atomic E-state index is 6.01. The zero-order valence-corrected chi connectivity index (χ0v) is 17.5. The fraction of sp³-hybridized carbons (Fsp3) is 0.524. The van der Waals surface area contributed by atoms with Crippen molar-refractivity contribution in [3.63, 3.8) is 0 Å². The summed E-state index contributed by atoms with van der Waals surface area (Å²) < 4.78 is 7.95. The second kappa shape index (κ2) is 10.00. The maximum Gasteiger partial charge on any atom is 0.191 e. The first-order valence-corrected chi connectivity index (χ1v) is 9.65. The van der Waals surface area contributed by atoms with Crippen LogP contribution in [0.3, 0.4) is 0 Å². The first-order chi connectivity index (χ1) is 12.9. The minimum absolute atomic E-state index is 0.00404. The van der Waals surface area contributed by atoms with Crippen LogP contribution in [0.15, 0.2) is 29.3 Å². The fourth-order valence-corrected chi connectivity index (χ4v) is 2.99. The molecular formula is C21H33N5O. The van der Waals surface area contributed by atoms with E-state index in [0.717, 1.165) is 42.5 Å². The molecule has 1 unspecified atom stereocenters. The Morgan fingerprint density at radius 2 is 1.96 bits per heavy atom. The number of ether oxygens (including phenoxy) is 1. The second-order valence-electron chi connectivity index (χ2n) is 6.86. The van der Waals surface area contributed by atoms with E-state index in [1.807, 2.05) is 36.9 Å². The van der Waals surface area contributed by atoms with Gasteiger partial charge in [-0.05, 0) is 58.2 Å².